The molecule has 4 rings (SSSR count). The molecule has 140 valence electrons. The number of benzene rings is 1. The first-order chi connectivity index (χ1) is 13.1. The van der Waals surface area contributed by atoms with Gasteiger partial charge in [-0.25, -0.2) is 15.0 Å². The summed E-state index contributed by atoms with van der Waals surface area (Å²) in [6.45, 7) is 7.73. The Morgan fingerprint density at radius 1 is 1.22 bits per heavy atom. The van der Waals surface area contributed by atoms with Gasteiger partial charge in [0.25, 0.3) is 0 Å². The van der Waals surface area contributed by atoms with Crippen LogP contribution in [0.2, 0.25) is 5.02 Å². The molecule has 0 saturated heterocycles. The number of hydrogen-bond donors (Lipinski definition) is 1. The highest BCUT2D eigenvalue weighted by Crippen LogP contribution is 2.40. The maximum absolute atomic E-state index is 11.9. The predicted octanol–water partition coefficient (Wildman–Crippen LogP) is 4.21. The van der Waals surface area contributed by atoms with E-state index in [1.165, 1.54) is 0 Å². The van der Waals surface area contributed by atoms with E-state index in [1.54, 1.807) is 0 Å². The zero-order valence-electron chi connectivity index (χ0n) is 15.8. The van der Waals surface area contributed by atoms with Crippen LogP contribution >= 0.6 is 11.6 Å². The quantitative estimate of drug-likeness (QED) is 0.683. The number of nitrogens with zero attached hydrogens (tertiary/aromatic N) is 4. The van der Waals surface area contributed by atoms with Crippen molar-refractivity contribution >= 4 is 34.9 Å². The largest absolute Gasteiger partial charge is 0.356 e. The van der Waals surface area contributed by atoms with Crippen molar-refractivity contribution in [3.63, 3.8) is 0 Å². The molecule has 0 bridgehead atoms. The molecule has 3 heterocycles. The van der Waals surface area contributed by atoms with E-state index in [0.29, 0.717) is 16.1 Å². The van der Waals surface area contributed by atoms with Crippen molar-refractivity contribution in [3.05, 3.63) is 33.9 Å². The Morgan fingerprint density at radius 3 is 2.56 bits per heavy atom. The van der Waals surface area contributed by atoms with Crippen molar-refractivity contribution in [2.24, 2.45) is 0 Å². The number of anilines is 1. The molecule has 2 aromatic heterocycles. The summed E-state index contributed by atoms with van der Waals surface area (Å²) in [6.07, 6.45) is 3.40. The highest BCUT2D eigenvalue weighted by atomic mass is 35.5. The molecule has 27 heavy (non-hydrogen) atoms. The van der Waals surface area contributed by atoms with Gasteiger partial charge in [0.05, 0.1) is 21.9 Å². The van der Waals surface area contributed by atoms with E-state index in [0.717, 1.165) is 78.4 Å². The first-order valence-electron chi connectivity index (χ1n) is 9.37. The molecule has 0 spiro atoms. The van der Waals surface area contributed by atoms with Gasteiger partial charge in [-0.2, -0.15) is 0 Å². The van der Waals surface area contributed by atoms with Crippen LogP contribution < -0.4 is 5.32 Å². The first-order valence-corrected chi connectivity index (χ1v) is 9.75. The molecule has 0 unspecified atom stereocenters. The molecular formula is C20H22ClN5O. The monoisotopic (exact) mass is 383 g/mol. The van der Waals surface area contributed by atoms with Crippen molar-refractivity contribution in [2.45, 2.75) is 46.6 Å². The summed E-state index contributed by atoms with van der Waals surface area (Å²) in [5.41, 5.74) is 5.65. The molecule has 0 radical (unpaired) electrons. The van der Waals surface area contributed by atoms with E-state index in [-0.39, 0.29) is 0 Å². The molecule has 7 heteroatoms. The number of aryl methyl sites for hydroxylation is 4. The van der Waals surface area contributed by atoms with E-state index in [1.807, 2.05) is 17.6 Å². The number of hydrogen-bond acceptors (Lipinski definition) is 5. The lowest BCUT2D eigenvalue weighted by Gasteiger charge is -2.17. The summed E-state index contributed by atoms with van der Waals surface area (Å²) in [4.78, 5) is 25.9. The van der Waals surface area contributed by atoms with Gasteiger partial charge in [-0.15, -0.1) is 0 Å². The van der Waals surface area contributed by atoms with E-state index in [4.69, 9.17) is 16.6 Å². The van der Waals surface area contributed by atoms with Gasteiger partial charge in [-0.05, 0) is 32.3 Å². The van der Waals surface area contributed by atoms with Crippen LogP contribution in [-0.2, 0) is 19.4 Å². The number of carbonyl (C=O) groups excluding carboxylic acids is 1. The summed E-state index contributed by atoms with van der Waals surface area (Å²) in [7, 11) is 0. The topological polar surface area (TPSA) is 72.7 Å². The molecule has 0 fully saturated rings. The number of halogens is 1. The average molecular weight is 384 g/mol. The zero-order chi connectivity index (χ0) is 19.1. The van der Waals surface area contributed by atoms with Crippen LogP contribution in [-0.4, -0.2) is 32.3 Å². The van der Waals surface area contributed by atoms with E-state index in [2.05, 4.69) is 29.1 Å². The van der Waals surface area contributed by atoms with Gasteiger partial charge in [0.1, 0.15) is 11.3 Å². The Hall–Kier alpha value is -2.47. The van der Waals surface area contributed by atoms with Crippen LogP contribution in [0.15, 0.2) is 6.07 Å². The van der Waals surface area contributed by atoms with Crippen molar-refractivity contribution in [1.29, 1.82) is 0 Å². The number of nitrogens with one attached hydrogen (secondary N) is 1. The maximum Gasteiger partial charge on any atom is 0.203 e. The average Bonchev–Trinajstić information content (AvgIpc) is 3.08. The highest BCUT2D eigenvalue weighted by molar-refractivity contribution is 6.38. The van der Waals surface area contributed by atoms with Crippen molar-refractivity contribution in [2.75, 3.05) is 11.9 Å². The normalized spacial score (nSPS) is 13.5. The van der Waals surface area contributed by atoms with Crippen LogP contribution in [0.3, 0.4) is 0 Å². The van der Waals surface area contributed by atoms with E-state index in [9.17, 15) is 4.79 Å². The summed E-state index contributed by atoms with van der Waals surface area (Å²) < 4.78 is 2.05. The molecule has 1 N–H and O–H groups in total. The number of rotatable bonds is 4. The molecule has 1 aliphatic rings. The number of fused-ring (bicyclic) bond motifs is 3. The number of aromatic nitrogens is 4. The molecule has 6 nitrogen and oxygen atoms in total. The number of aldehydes is 1. The van der Waals surface area contributed by atoms with Gasteiger partial charge in [-0.3, -0.25) is 4.79 Å². The van der Waals surface area contributed by atoms with Crippen LogP contribution in [0.4, 0.5) is 5.95 Å². The van der Waals surface area contributed by atoms with Crippen LogP contribution in [0.5, 0.6) is 0 Å². The molecule has 0 saturated carbocycles. The van der Waals surface area contributed by atoms with E-state index >= 15 is 0 Å². The minimum absolute atomic E-state index is 0.552. The molecule has 1 aromatic carbocycles. The molecule has 0 amide bonds. The smallest absolute Gasteiger partial charge is 0.203 e. The minimum atomic E-state index is 0.552. The maximum atomic E-state index is 11.9. The number of imidazole rings is 1. The minimum Gasteiger partial charge on any atom is -0.356 e. The Bertz CT molecular complexity index is 1030. The molecule has 1 aliphatic heterocycles. The third-order valence-corrected chi connectivity index (χ3v) is 5.45. The Morgan fingerprint density at radius 2 is 1.93 bits per heavy atom. The SMILES string of the molecule is CCc1nc(C)nc(CC)c1-c1cc(C=O)c2c(nc3n2CCCN3)c1Cl. The van der Waals surface area contributed by atoms with Crippen molar-refractivity contribution < 1.29 is 4.79 Å². The molecule has 0 aliphatic carbocycles. The second kappa shape index (κ2) is 6.93. The molecular weight excluding hydrogens is 362 g/mol. The fourth-order valence-corrected chi connectivity index (χ4v) is 4.17. The van der Waals surface area contributed by atoms with Gasteiger partial charge < -0.3 is 9.88 Å². The predicted molar refractivity (Wildman–Crippen MR) is 108 cm³/mol. The van der Waals surface area contributed by atoms with Gasteiger partial charge in [0.2, 0.25) is 5.95 Å². The second-order valence-corrected chi connectivity index (χ2v) is 7.13. The summed E-state index contributed by atoms with van der Waals surface area (Å²) in [6, 6.07) is 1.87. The van der Waals surface area contributed by atoms with Gasteiger partial charge in [0, 0.05) is 29.8 Å². The third kappa shape index (κ3) is 2.79. The molecule has 3 aromatic rings. The van der Waals surface area contributed by atoms with Gasteiger partial charge in [-0.1, -0.05) is 25.4 Å². The lowest BCUT2D eigenvalue weighted by atomic mass is 9.96. The van der Waals surface area contributed by atoms with Crippen molar-refractivity contribution in [1.82, 2.24) is 19.5 Å². The van der Waals surface area contributed by atoms with Crippen LogP contribution in [0.25, 0.3) is 22.2 Å². The Balaban J connectivity index is 2.08. The van der Waals surface area contributed by atoms with Crippen LogP contribution in [0.1, 0.15) is 47.8 Å². The Kier molecular flexibility index (Phi) is 4.60. The fourth-order valence-electron chi connectivity index (χ4n) is 3.89. The Labute approximate surface area is 163 Å². The summed E-state index contributed by atoms with van der Waals surface area (Å²) in [5, 5.41) is 3.85. The third-order valence-electron chi connectivity index (χ3n) is 5.06. The van der Waals surface area contributed by atoms with Crippen LogP contribution in [0, 0.1) is 6.92 Å². The molecule has 0 atom stereocenters. The van der Waals surface area contributed by atoms with Crippen molar-refractivity contribution in [3.8, 4) is 11.1 Å². The van der Waals surface area contributed by atoms with Gasteiger partial charge >= 0.3 is 0 Å². The summed E-state index contributed by atoms with van der Waals surface area (Å²) >= 11 is 6.85. The fraction of sp³-hybridized carbons (Fsp3) is 0.400. The van der Waals surface area contributed by atoms with E-state index < -0.39 is 0 Å². The second-order valence-electron chi connectivity index (χ2n) is 6.76. The first kappa shape index (κ1) is 17.9. The standard InChI is InChI=1S/C20H22ClN5O/c1-4-14-16(15(5-2)24-11(3)23-14)13-9-12(10-27)19-18(17(13)21)25-20-22-7-6-8-26(19)20/h9-10H,4-8H2,1-3H3,(H,22,25). The summed E-state index contributed by atoms with van der Waals surface area (Å²) in [5.74, 6) is 1.52. The lowest BCUT2D eigenvalue weighted by Crippen LogP contribution is -2.17. The number of carbonyl (C=O) groups is 1. The highest BCUT2D eigenvalue weighted by Gasteiger charge is 2.24. The van der Waals surface area contributed by atoms with Gasteiger partial charge in [0.15, 0.2) is 6.29 Å². The zero-order valence-corrected chi connectivity index (χ0v) is 16.5. The lowest BCUT2D eigenvalue weighted by molar-refractivity contribution is 0.112.